The lowest BCUT2D eigenvalue weighted by Crippen LogP contribution is -2.26. The highest BCUT2D eigenvalue weighted by atomic mass is 32.1. The van der Waals surface area contributed by atoms with Crippen LogP contribution in [0.3, 0.4) is 0 Å². The quantitative estimate of drug-likeness (QED) is 0.801. The molecule has 2 heterocycles. The van der Waals surface area contributed by atoms with Gasteiger partial charge in [-0.15, -0.1) is 11.3 Å². The molecule has 90 valence electrons. The van der Waals surface area contributed by atoms with E-state index < -0.39 is 0 Å². The molecule has 1 aliphatic heterocycles. The van der Waals surface area contributed by atoms with Gasteiger partial charge < -0.3 is 5.32 Å². The molecule has 0 saturated carbocycles. The monoisotopic (exact) mass is 245 g/mol. The van der Waals surface area contributed by atoms with Crippen molar-refractivity contribution in [3.8, 4) is 0 Å². The summed E-state index contributed by atoms with van der Waals surface area (Å²) in [6.07, 6.45) is 2.58. The van der Waals surface area contributed by atoms with Crippen molar-refractivity contribution < 1.29 is 0 Å². The number of aryl methyl sites for hydroxylation is 2. The van der Waals surface area contributed by atoms with Gasteiger partial charge >= 0.3 is 0 Å². The van der Waals surface area contributed by atoms with E-state index in [9.17, 15) is 0 Å². The Balaban J connectivity index is 2.08. The van der Waals surface area contributed by atoms with Crippen molar-refractivity contribution in [2.24, 2.45) is 0 Å². The number of hydrogen-bond acceptors (Lipinski definition) is 2. The first-order chi connectivity index (χ1) is 8.27. The lowest BCUT2D eigenvalue weighted by molar-refractivity contribution is 0.463. The summed E-state index contributed by atoms with van der Waals surface area (Å²) in [5, 5.41) is 7.35. The van der Waals surface area contributed by atoms with Gasteiger partial charge in [0.1, 0.15) is 0 Å². The standard InChI is InChI=1S/C15H19NS/c1-10-3-4-13-14(9-17-15(13)11(10)2)12-5-7-16-8-6-12/h3-4,9,12,16H,5-8H2,1-2H3. The molecule has 0 unspecified atom stereocenters. The van der Waals surface area contributed by atoms with Gasteiger partial charge in [-0.2, -0.15) is 0 Å². The molecular formula is C15H19NS. The summed E-state index contributed by atoms with van der Waals surface area (Å²) in [5.41, 5.74) is 4.47. The maximum Gasteiger partial charge on any atom is 0.0377 e. The van der Waals surface area contributed by atoms with Crippen LogP contribution in [0.1, 0.15) is 35.4 Å². The van der Waals surface area contributed by atoms with Crippen molar-refractivity contribution >= 4 is 21.4 Å². The predicted octanol–water partition coefficient (Wildman–Crippen LogP) is 3.99. The SMILES string of the molecule is Cc1ccc2c(C3CCNCC3)csc2c1C. The van der Waals surface area contributed by atoms with Crippen LogP contribution in [-0.2, 0) is 0 Å². The fraction of sp³-hybridized carbons (Fsp3) is 0.467. The first-order valence-corrected chi connectivity index (χ1v) is 7.33. The van der Waals surface area contributed by atoms with E-state index in [1.165, 1.54) is 47.1 Å². The number of rotatable bonds is 1. The Labute approximate surface area is 107 Å². The number of piperidine rings is 1. The van der Waals surface area contributed by atoms with Gasteiger partial charge in [-0.25, -0.2) is 0 Å². The summed E-state index contributed by atoms with van der Waals surface area (Å²) in [7, 11) is 0. The van der Waals surface area contributed by atoms with Gasteiger partial charge in [0, 0.05) is 4.70 Å². The molecule has 1 aromatic heterocycles. The molecule has 3 rings (SSSR count). The molecule has 0 spiro atoms. The van der Waals surface area contributed by atoms with Gasteiger partial charge in [-0.05, 0) is 73.2 Å². The fourth-order valence-corrected chi connectivity index (χ4v) is 4.02. The Morgan fingerprint density at radius 3 is 2.71 bits per heavy atom. The summed E-state index contributed by atoms with van der Waals surface area (Å²) < 4.78 is 1.50. The second kappa shape index (κ2) is 4.43. The van der Waals surface area contributed by atoms with Crippen molar-refractivity contribution in [2.75, 3.05) is 13.1 Å². The molecule has 1 saturated heterocycles. The third kappa shape index (κ3) is 1.90. The van der Waals surface area contributed by atoms with Gasteiger partial charge in [-0.1, -0.05) is 12.1 Å². The topological polar surface area (TPSA) is 12.0 Å². The van der Waals surface area contributed by atoms with Crippen LogP contribution in [0.4, 0.5) is 0 Å². The third-order valence-electron chi connectivity index (χ3n) is 4.07. The van der Waals surface area contributed by atoms with Crippen molar-refractivity contribution in [1.82, 2.24) is 5.32 Å². The van der Waals surface area contributed by atoms with Gasteiger partial charge in [0.25, 0.3) is 0 Å². The summed E-state index contributed by atoms with van der Waals surface area (Å²) in [6, 6.07) is 4.60. The smallest absolute Gasteiger partial charge is 0.0377 e. The first-order valence-electron chi connectivity index (χ1n) is 6.45. The molecule has 0 bridgehead atoms. The van der Waals surface area contributed by atoms with Crippen molar-refractivity contribution in [2.45, 2.75) is 32.6 Å². The van der Waals surface area contributed by atoms with E-state index >= 15 is 0 Å². The lowest BCUT2D eigenvalue weighted by atomic mass is 9.89. The zero-order valence-electron chi connectivity index (χ0n) is 10.5. The van der Waals surface area contributed by atoms with Crippen LogP contribution < -0.4 is 5.32 Å². The molecule has 17 heavy (non-hydrogen) atoms. The molecule has 1 aliphatic rings. The van der Waals surface area contributed by atoms with E-state index in [1.807, 2.05) is 11.3 Å². The van der Waals surface area contributed by atoms with Crippen LogP contribution in [0.15, 0.2) is 17.5 Å². The minimum absolute atomic E-state index is 0.770. The lowest BCUT2D eigenvalue weighted by Gasteiger charge is -2.22. The van der Waals surface area contributed by atoms with Gasteiger partial charge in [0.2, 0.25) is 0 Å². The molecule has 1 fully saturated rings. The van der Waals surface area contributed by atoms with Gasteiger partial charge in [0.15, 0.2) is 0 Å². The van der Waals surface area contributed by atoms with Crippen LogP contribution in [0.5, 0.6) is 0 Å². The second-order valence-corrected chi connectivity index (χ2v) is 5.98. The van der Waals surface area contributed by atoms with E-state index in [2.05, 4.69) is 36.7 Å². The van der Waals surface area contributed by atoms with E-state index in [0.29, 0.717) is 0 Å². The molecule has 1 nitrogen and oxygen atoms in total. The van der Waals surface area contributed by atoms with Crippen molar-refractivity contribution in [3.05, 3.63) is 34.2 Å². The van der Waals surface area contributed by atoms with Crippen LogP contribution >= 0.6 is 11.3 Å². The van der Waals surface area contributed by atoms with E-state index in [-0.39, 0.29) is 0 Å². The number of thiophene rings is 1. The van der Waals surface area contributed by atoms with Gasteiger partial charge in [-0.3, -0.25) is 0 Å². The summed E-state index contributed by atoms with van der Waals surface area (Å²) in [5.74, 6) is 0.770. The number of fused-ring (bicyclic) bond motifs is 1. The fourth-order valence-electron chi connectivity index (χ4n) is 2.80. The molecule has 2 aromatic rings. The molecule has 0 amide bonds. The Morgan fingerprint density at radius 1 is 1.18 bits per heavy atom. The summed E-state index contributed by atoms with van der Waals surface area (Å²) in [4.78, 5) is 0. The van der Waals surface area contributed by atoms with Crippen LogP contribution in [0.25, 0.3) is 10.1 Å². The molecule has 1 aromatic carbocycles. The van der Waals surface area contributed by atoms with Crippen LogP contribution in [0.2, 0.25) is 0 Å². The Hall–Kier alpha value is -0.860. The van der Waals surface area contributed by atoms with Crippen LogP contribution in [-0.4, -0.2) is 13.1 Å². The van der Waals surface area contributed by atoms with Crippen molar-refractivity contribution in [1.29, 1.82) is 0 Å². The zero-order valence-corrected chi connectivity index (χ0v) is 11.4. The Bertz CT molecular complexity index is 535. The average Bonchev–Trinajstić information content (AvgIpc) is 2.79. The average molecular weight is 245 g/mol. The molecule has 0 atom stereocenters. The normalized spacial score (nSPS) is 17.8. The summed E-state index contributed by atoms with van der Waals surface area (Å²) in [6.45, 7) is 6.80. The van der Waals surface area contributed by atoms with Crippen LogP contribution in [0, 0.1) is 13.8 Å². The minimum atomic E-state index is 0.770. The molecule has 2 heteroatoms. The van der Waals surface area contributed by atoms with Crippen molar-refractivity contribution in [3.63, 3.8) is 0 Å². The maximum atomic E-state index is 3.45. The molecule has 1 N–H and O–H groups in total. The number of hydrogen-bond donors (Lipinski definition) is 1. The maximum absolute atomic E-state index is 3.45. The number of nitrogens with one attached hydrogen (secondary N) is 1. The Morgan fingerprint density at radius 2 is 1.94 bits per heavy atom. The highest BCUT2D eigenvalue weighted by molar-refractivity contribution is 7.17. The van der Waals surface area contributed by atoms with E-state index in [0.717, 1.165) is 5.92 Å². The molecular weight excluding hydrogens is 226 g/mol. The highest BCUT2D eigenvalue weighted by Crippen LogP contribution is 2.37. The molecule has 0 radical (unpaired) electrons. The largest absolute Gasteiger partial charge is 0.317 e. The third-order valence-corrected chi connectivity index (χ3v) is 5.20. The Kier molecular flexibility index (Phi) is 2.93. The zero-order chi connectivity index (χ0) is 11.8. The van der Waals surface area contributed by atoms with E-state index in [4.69, 9.17) is 0 Å². The summed E-state index contributed by atoms with van der Waals surface area (Å²) >= 11 is 1.93. The van der Waals surface area contributed by atoms with E-state index in [1.54, 1.807) is 5.56 Å². The highest BCUT2D eigenvalue weighted by Gasteiger charge is 2.19. The number of benzene rings is 1. The second-order valence-electron chi connectivity index (χ2n) is 5.10. The van der Waals surface area contributed by atoms with Gasteiger partial charge in [0.05, 0.1) is 0 Å². The first kappa shape index (κ1) is 11.2. The molecule has 0 aliphatic carbocycles. The predicted molar refractivity (Wildman–Crippen MR) is 76.1 cm³/mol. The minimum Gasteiger partial charge on any atom is -0.317 e.